The highest BCUT2D eigenvalue weighted by Gasteiger charge is 2.47. The van der Waals surface area contributed by atoms with Crippen molar-refractivity contribution in [3.05, 3.63) is 111 Å². The molecule has 1 heterocycles. The molecule has 42 heavy (non-hydrogen) atoms. The summed E-state index contributed by atoms with van der Waals surface area (Å²) in [5.74, 6) is -5.35. The number of amidine groups is 1. The van der Waals surface area contributed by atoms with Crippen molar-refractivity contribution in [2.45, 2.75) is 25.1 Å². The minimum atomic E-state index is -4.73. The number of aliphatic imine (C=N–C) groups is 1. The van der Waals surface area contributed by atoms with Gasteiger partial charge >= 0.3 is 12.1 Å². The fourth-order valence-electron chi connectivity index (χ4n) is 4.60. The number of carbonyl (C=O) groups excluding carboxylic acids is 2. The molecule has 1 saturated heterocycles. The Morgan fingerprint density at radius 1 is 1.07 bits per heavy atom. The van der Waals surface area contributed by atoms with Gasteiger partial charge in [-0.1, -0.05) is 40.2 Å². The van der Waals surface area contributed by atoms with Crippen LogP contribution in [-0.4, -0.2) is 46.2 Å². The fourth-order valence-corrected chi connectivity index (χ4v) is 4.99. The molecular formula is C29H23BrF4N4O4. The van der Waals surface area contributed by atoms with Crippen molar-refractivity contribution in [3.63, 3.8) is 0 Å². The molecule has 4 rings (SSSR count). The molecule has 0 spiro atoms. The van der Waals surface area contributed by atoms with Gasteiger partial charge in [-0.2, -0.15) is 13.2 Å². The predicted molar refractivity (Wildman–Crippen MR) is 149 cm³/mol. The zero-order valence-electron chi connectivity index (χ0n) is 21.8. The van der Waals surface area contributed by atoms with Gasteiger partial charge in [0.15, 0.2) is 0 Å². The number of carboxylic acids is 1. The molecule has 1 aliphatic heterocycles. The maximum atomic E-state index is 14.0. The number of piperidine rings is 1. The number of nitrogens with two attached hydrogens (primary N) is 1. The van der Waals surface area contributed by atoms with E-state index in [1.807, 2.05) is 0 Å². The molecule has 4 N–H and O–H groups in total. The van der Waals surface area contributed by atoms with E-state index < -0.39 is 53.0 Å². The first-order valence-electron chi connectivity index (χ1n) is 12.4. The molecule has 13 heteroatoms. The Bertz CT molecular complexity index is 1610. The smallest absolute Gasteiger partial charge is 0.416 e. The van der Waals surface area contributed by atoms with Gasteiger partial charge in [0.2, 0.25) is 0 Å². The highest BCUT2D eigenvalue weighted by Crippen LogP contribution is 2.38. The van der Waals surface area contributed by atoms with Crippen molar-refractivity contribution < 1.29 is 37.1 Å². The predicted octanol–water partition coefficient (Wildman–Crippen LogP) is 5.38. The van der Waals surface area contributed by atoms with Crippen molar-refractivity contribution in [2.24, 2.45) is 10.7 Å². The molecule has 3 aromatic rings. The number of alkyl halides is 3. The van der Waals surface area contributed by atoms with E-state index in [2.05, 4.69) is 26.2 Å². The van der Waals surface area contributed by atoms with Gasteiger partial charge < -0.3 is 16.2 Å². The molecule has 0 aromatic heterocycles. The normalized spacial score (nSPS) is 19.5. The number of rotatable bonds is 6. The summed E-state index contributed by atoms with van der Waals surface area (Å²) in [6.07, 6.45) is -4.73. The molecule has 218 valence electrons. The number of carbonyl (C=O) groups is 3. The average molecular weight is 647 g/mol. The number of carboxylic acid groups (broad SMARTS) is 1. The number of benzene rings is 3. The van der Waals surface area contributed by atoms with Crippen LogP contribution in [-0.2, 0) is 15.8 Å². The van der Waals surface area contributed by atoms with E-state index in [9.17, 15) is 37.1 Å². The van der Waals surface area contributed by atoms with Crippen LogP contribution in [0.5, 0.6) is 0 Å². The number of likely N-dealkylation sites (tertiary alicyclic amines) is 1. The highest BCUT2D eigenvalue weighted by atomic mass is 79.9. The second-order valence-corrected chi connectivity index (χ2v) is 10.1. The van der Waals surface area contributed by atoms with E-state index in [0.29, 0.717) is 16.2 Å². The molecule has 3 aromatic carbocycles. The van der Waals surface area contributed by atoms with Crippen LogP contribution >= 0.6 is 15.9 Å². The van der Waals surface area contributed by atoms with Gasteiger partial charge in [0, 0.05) is 28.1 Å². The van der Waals surface area contributed by atoms with Crippen molar-refractivity contribution in [2.75, 3.05) is 6.54 Å². The van der Waals surface area contributed by atoms with Crippen LogP contribution in [0.1, 0.15) is 34.3 Å². The van der Waals surface area contributed by atoms with Crippen LogP contribution in [0.25, 0.3) is 0 Å². The van der Waals surface area contributed by atoms with Crippen LogP contribution in [0.4, 0.5) is 23.2 Å². The molecule has 0 saturated carbocycles. The maximum absolute atomic E-state index is 14.0. The summed E-state index contributed by atoms with van der Waals surface area (Å²) >= 11 is 3.34. The van der Waals surface area contributed by atoms with E-state index in [1.165, 1.54) is 12.1 Å². The summed E-state index contributed by atoms with van der Waals surface area (Å²) in [7, 11) is 0. The summed E-state index contributed by atoms with van der Waals surface area (Å²) in [5.41, 5.74) is 4.34. The van der Waals surface area contributed by atoms with Crippen LogP contribution in [0.2, 0.25) is 0 Å². The third-order valence-electron chi connectivity index (χ3n) is 6.52. The number of aliphatic carboxylic acids is 1. The lowest BCUT2D eigenvalue weighted by Crippen LogP contribution is -2.59. The third-order valence-corrected chi connectivity index (χ3v) is 7.01. The zero-order valence-corrected chi connectivity index (χ0v) is 23.4. The van der Waals surface area contributed by atoms with Gasteiger partial charge in [-0.3, -0.25) is 14.5 Å². The molecule has 0 bridgehead atoms. The molecule has 0 aliphatic carbocycles. The van der Waals surface area contributed by atoms with Gasteiger partial charge in [0.05, 0.1) is 11.3 Å². The highest BCUT2D eigenvalue weighted by molar-refractivity contribution is 9.10. The van der Waals surface area contributed by atoms with Gasteiger partial charge in [-0.05, 0) is 61.0 Å². The summed E-state index contributed by atoms with van der Waals surface area (Å²) in [6.45, 7) is 1.56. The first-order valence-corrected chi connectivity index (χ1v) is 13.2. The minimum Gasteiger partial charge on any atom is -0.477 e. The Morgan fingerprint density at radius 3 is 2.33 bits per heavy atom. The first kappa shape index (κ1) is 30.4. The lowest BCUT2D eigenvalue weighted by Gasteiger charge is -2.41. The van der Waals surface area contributed by atoms with E-state index >= 15 is 0 Å². The number of hydrogen-bond donors (Lipinski definition) is 3. The minimum absolute atomic E-state index is 0.0336. The summed E-state index contributed by atoms with van der Waals surface area (Å²) in [4.78, 5) is 45.2. The van der Waals surface area contributed by atoms with Crippen molar-refractivity contribution in [1.82, 2.24) is 10.2 Å². The largest absolute Gasteiger partial charge is 0.477 e. The Labute approximate surface area is 245 Å². The third kappa shape index (κ3) is 6.35. The average Bonchev–Trinajstić information content (AvgIpc) is 2.94. The number of hydrogen-bond acceptors (Lipinski definition) is 5. The number of amides is 2. The van der Waals surface area contributed by atoms with E-state index in [1.54, 1.807) is 31.2 Å². The van der Waals surface area contributed by atoms with Crippen molar-refractivity contribution in [1.29, 1.82) is 0 Å². The molecule has 1 fully saturated rings. The summed E-state index contributed by atoms with van der Waals surface area (Å²) in [5, 5.41) is 12.4. The molecule has 2 atom stereocenters. The van der Waals surface area contributed by atoms with Crippen molar-refractivity contribution in [3.8, 4) is 0 Å². The monoisotopic (exact) mass is 646 g/mol. The summed E-state index contributed by atoms with van der Waals surface area (Å²) in [6, 6.07) is 13.5. The molecule has 2 amide bonds. The molecular weight excluding hydrogens is 624 g/mol. The maximum Gasteiger partial charge on any atom is 0.416 e. The molecule has 8 nitrogen and oxygen atoms in total. The Kier molecular flexibility index (Phi) is 8.81. The van der Waals surface area contributed by atoms with E-state index in [4.69, 9.17) is 5.73 Å². The summed E-state index contributed by atoms with van der Waals surface area (Å²) < 4.78 is 54.5. The SMILES string of the molecule is CCN1C(=O)C(NC(=O)c2cccc(C(F)(F)F)c2)C(c2ccc(F)cc2)/C(=C(/N)C(=O)O)C1=Nc1cccc(Br)c1. The van der Waals surface area contributed by atoms with Gasteiger partial charge in [0.25, 0.3) is 11.8 Å². The van der Waals surface area contributed by atoms with Crippen LogP contribution in [0.3, 0.4) is 0 Å². The molecule has 0 radical (unpaired) electrons. The second kappa shape index (κ2) is 12.1. The van der Waals surface area contributed by atoms with Crippen LogP contribution in [0, 0.1) is 5.82 Å². The van der Waals surface area contributed by atoms with Crippen molar-refractivity contribution >= 4 is 45.2 Å². The van der Waals surface area contributed by atoms with Gasteiger partial charge in [0.1, 0.15) is 23.4 Å². The Balaban J connectivity index is 1.93. The zero-order chi connectivity index (χ0) is 30.8. The lowest BCUT2D eigenvalue weighted by molar-refractivity contribution is -0.137. The fraction of sp³-hybridized carbons (Fsp3) is 0.172. The topological polar surface area (TPSA) is 125 Å². The Morgan fingerprint density at radius 2 is 1.74 bits per heavy atom. The van der Waals surface area contributed by atoms with Gasteiger partial charge in [-0.15, -0.1) is 0 Å². The number of nitrogens with zero attached hydrogens (tertiary/aromatic N) is 2. The van der Waals surface area contributed by atoms with Gasteiger partial charge in [-0.25, -0.2) is 14.2 Å². The number of likely N-dealkylation sites (N-methyl/N-ethyl adjacent to an activating group) is 1. The first-order chi connectivity index (χ1) is 19.8. The second-order valence-electron chi connectivity index (χ2n) is 9.19. The van der Waals surface area contributed by atoms with Crippen LogP contribution in [0.15, 0.2) is 93.5 Å². The lowest BCUT2D eigenvalue weighted by atomic mass is 9.78. The molecule has 1 aliphatic rings. The quantitative estimate of drug-likeness (QED) is 0.245. The Hall–Kier alpha value is -4.52. The standard InChI is InChI=1S/C29H23BrF4N4O4/c1-2-38-25(36-20-8-4-7-18(30)14-20)22(23(35)28(41)42)21(15-9-11-19(31)12-10-15)24(27(38)40)37-26(39)16-5-3-6-17(13-16)29(32,33)34/h3-14,21,24H,2,35H2,1H3,(H,37,39)(H,41,42)/b23-22-,36-25?. The van der Waals surface area contributed by atoms with E-state index in [-0.39, 0.29) is 29.1 Å². The number of halogens is 5. The molecule has 2 unspecified atom stereocenters. The van der Waals surface area contributed by atoms with E-state index in [0.717, 1.165) is 35.2 Å². The number of nitrogens with one attached hydrogen (secondary N) is 1. The van der Waals surface area contributed by atoms with Crippen LogP contribution < -0.4 is 11.1 Å².